The lowest BCUT2D eigenvalue weighted by molar-refractivity contribution is -0.384. The first-order valence-corrected chi connectivity index (χ1v) is 7.83. The Morgan fingerprint density at radius 2 is 1.87 bits per heavy atom. The van der Waals surface area contributed by atoms with E-state index in [1.165, 1.54) is 18.2 Å². The lowest BCUT2D eigenvalue weighted by atomic mass is 9.87. The van der Waals surface area contributed by atoms with Crippen LogP contribution in [0.5, 0.6) is 0 Å². The van der Waals surface area contributed by atoms with Gasteiger partial charge in [0.1, 0.15) is 0 Å². The van der Waals surface area contributed by atoms with Gasteiger partial charge >= 0.3 is 0 Å². The van der Waals surface area contributed by atoms with Crippen LogP contribution < -0.4 is 5.32 Å². The fourth-order valence-electron chi connectivity index (χ4n) is 2.04. The fraction of sp³-hybridized carbons (Fsp3) is 0.235. The monoisotopic (exact) mass is 376 g/mol. The number of nitrogens with one attached hydrogen (secondary N) is 1. The molecule has 0 unspecified atom stereocenters. The van der Waals surface area contributed by atoms with Gasteiger partial charge in [-0.05, 0) is 45.1 Å². The van der Waals surface area contributed by atoms with E-state index < -0.39 is 10.8 Å². The van der Waals surface area contributed by atoms with E-state index in [9.17, 15) is 14.9 Å². The molecule has 0 atom stereocenters. The molecule has 6 heteroatoms. The minimum Gasteiger partial charge on any atom is -0.321 e. The molecule has 23 heavy (non-hydrogen) atoms. The van der Waals surface area contributed by atoms with Crippen molar-refractivity contribution in [1.29, 1.82) is 0 Å². The summed E-state index contributed by atoms with van der Waals surface area (Å²) >= 11 is 3.46. The third kappa shape index (κ3) is 4.16. The topological polar surface area (TPSA) is 72.2 Å². The summed E-state index contributed by atoms with van der Waals surface area (Å²) in [4.78, 5) is 22.5. The lowest BCUT2D eigenvalue weighted by Crippen LogP contribution is -2.14. The average molecular weight is 377 g/mol. The molecule has 2 aromatic carbocycles. The van der Waals surface area contributed by atoms with Crippen molar-refractivity contribution in [3.63, 3.8) is 0 Å². The first kappa shape index (κ1) is 17.1. The van der Waals surface area contributed by atoms with Gasteiger partial charge in [0.05, 0.1) is 10.6 Å². The van der Waals surface area contributed by atoms with E-state index in [0.29, 0.717) is 5.69 Å². The normalized spacial score (nSPS) is 11.1. The van der Waals surface area contributed by atoms with Crippen molar-refractivity contribution < 1.29 is 9.72 Å². The average Bonchev–Trinajstić information content (AvgIpc) is 2.48. The highest BCUT2D eigenvalue weighted by molar-refractivity contribution is 9.10. The number of non-ortho nitro benzene ring substituents is 1. The van der Waals surface area contributed by atoms with E-state index in [4.69, 9.17) is 0 Å². The third-order valence-corrected chi connectivity index (χ3v) is 4.06. The number of rotatable bonds is 3. The van der Waals surface area contributed by atoms with Crippen molar-refractivity contribution in [2.75, 3.05) is 5.32 Å². The Bertz CT molecular complexity index is 767. The summed E-state index contributed by atoms with van der Waals surface area (Å²) in [7, 11) is 0. The van der Waals surface area contributed by atoms with Crippen LogP contribution in [0, 0.1) is 10.1 Å². The van der Waals surface area contributed by atoms with Crippen LogP contribution in [-0.4, -0.2) is 10.8 Å². The van der Waals surface area contributed by atoms with Gasteiger partial charge in [-0.3, -0.25) is 14.9 Å². The number of carbonyl (C=O) groups is 1. The minimum absolute atomic E-state index is 0.00506. The molecule has 0 aliphatic rings. The molecule has 0 aliphatic heterocycles. The van der Waals surface area contributed by atoms with Gasteiger partial charge in [0.15, 0.2) is 0 Å². The number of nitrogens with zero attached hydrogens (tertiary/aromatic N) is 1. The molecule has 0 fully saturated rings. The molecule has 0 bridgehead atoms. The van der Waals surface area contributed by atoms with Crippen LogP contribution in [0.3, 0.4) is 0 Å². The number of nitro groups is 1. The molecular weight excluding hydrogens is 360 g/mol. The molecule has 120 valence electrons. The van der Waals surface area contributed by atoms with Gasteiger partial charge in [-0.25, -0.2) is 0 Å². The summed E-state index contributed by atoms with van der Waals surface area (Å²) in [6, 6.07) is 11.4. The zero-order chi connectivity index (χ0) is 17.2. The second-order valence-corrected chi connectivity index (χ2v) is 7.06. The molecule has 0 radical (unpaired) electrons. The Kier molecular flexibility index (Phi) is 4.85. The molecule has 0 spiro atoms. The second-order valence-electron chi connectivity index (χ2n) is 6.21. The molecule has 2 aromatic rings. The number of anilines is 1. The molecule has 1 amide bonds. The minimum atomic E-state index is -0.523. The zero-order valence-corrected chi connectivity index (χ0v) is 14.7. The fourth-order valence-corrected chi connectivity index (χ4v) is 2.52. The quantitative estimate of drug-likeness (QED) is 0.610. The predicted molar refractivity (Wildman–Crippen MR) is 93.9 cm³/mol. The molecule has 5 nitrogen and oxygen atoms in total. The maximum atomic E-state index is 12.3. The van der Waals surface area contributed by atoms with Crippen LogP contribution in [0.2, 0.25) is 0 Å². The van der Waals surface area contributed by atoms with Crippen LogP contribution in [0.15, 0.2) is 46.9 Å². The largest absolute Gasteiger partial charge is 0.321 e. The van der Waals surface area contributed by atoms with E-state index in [2.05, 4.69) is 42.0 Å². The maximum Gasteiger partial charge on any atom is 0.270 e. The summed E-state index contributed by atoms with van der Waals surface area (Å²) in [6.45, 7) is 6.32. The van der Waals surface area contributed by atoms with Crippen LogP contribution in [0.4, 0.5) is 11.4 Å². The first-order valence-electron chi connectivity index (χ1n) is 7.04. The van der Waals surface area contributed by atoms with Crippen LogP contribution in [0.25, 0.3) is 0 Å². The highest BCUT2D eigenvalue weighted by atomic mass is 79.9. The SMILES string of the molecule is CC(C)(C)c1ccc(NC(=O)c2cccc([N+](=O)[O-])c2)c(Br)c1. The molecule has 0 aliphatic carbocycles. The second kappa shape index (κ2) is 6.50. The van der Waals surface area contributed by atoms with Crippen molar-refractivity contribution in [3.05, 3.63) is 68.2 Å². The van der Waals surface area contributed by atoms with Gasteiger partial charge < -0.3 is 5.32 Å². The maximum absolute atomic E-state index is 12.3. The lowest BCUT2D eigenvalue weighted by Gasteiger charge is -2.20. The molecule has 1 N–H and O–H groups in total. The molecule has 2 rings (SSSR count). The molecular formula is C17H17BrN2O3. The Hall–Kier alpha value is -2.21. The van der Waals surface area contributed by atoms with Crippen molar-refractivity contribution in [2.45, 2.75) is 26.2 Å². The van der Waals surface area contributed by atoms with Gasteiger partial charge in [-0.2, -0.15) is 0 Å². The van der Waals surface area contributed by atoms with Gasteiger partial charge in [0.25, 0.3) is 11.6 Å². The van der Waals surface area contributed by atoms with E-state index in [1.807, 2.05) is 18.2 Å². The number of benzene rings is 2. The van der Waals surface area contributed by atoms with Crippen LogP contribution >= 0.6 is 15.9 Å². The van der Waals surface area contributed by atoms with Crippen molar-refractivity contribution in [2.24, 2.45) is 0 Å². The van der Waals surface area contributed by atoms with Crippen LogP contribution in [-0.2, 0) is 5.41 Å². The molecule has 0 saturated carbocycles. The van der Waals surface area contributed by atoms with Gasteiger partial charge in [0, 0.05) is 22.2 Å². The highest BCUT2D eigenvalue weighted by Gasteiger charge is 2.16. The Balaban J connectivity index is 2.24. The standard InChI is InChI=1S/C17H17BrN2O3/c1-17(2,3)12-7-8-15(14(18)10-12)19-16(21)11-5-4-6-13(9-11)20(22)23/h4-10H,1-3H3,(H,19,21). The molecule has 0 aromatic heterocycles. The Labute approximate surface area is 143 Å². The van der Waals surface area contributed by atoms with Crippen molar-refractivity contribution in [1.82, 2.24) is 0 Å². The van der Waals surface area contributed by atoms with E-state index >= 15 is 0 Å². The summed E-state index contributed by atoms with van der Waals surface area (Å²) in [6.07, 6.45) is 0. The summed E-state index contributed by atoms with van der Waals surface area (Å²) in [5, 5.41) is 13.5. The summed E-state index contributed by atoms with van der Waals surface area (Å²) in [5.41, 5.74) is 1.89. The predicted octanol–water partition coefficient (Wildman–Crippen LogP) is 4.91. The Morgan fingerprint density at radius 3 is 2.43 bits per heavy atom. The first-order chi connectivity index (χ1) is 10.7. The smallest absolute Gasteiger partial charge is 0.270 e. The number of hydrogen-bond donors (Lipinski definition) is 1. The number of amides is 1. The highest BCUT2D eigenvalue weighted by Crippen LogP contribution is 2.30. The number of hydrogen-bond acceptors (Lipinski definition) is 3. The van der Waals surface area contributed by atoms with E-state index in [0.717, 1.165) is 10.0 Å². The third-order valence-electron chi connectivity index (χ3n) is 3.40. The number of carbonyl (C=O) groups excluding carboxylic acids is 1. The number of halogens is 1. The van der Waals surface area contributed by atoms with Gasteiger partial charge in [-0.15, -0.1) is 0 Å². The van der Waals surface area contributed by atoms with Crippen molar-refractivity contribution in [3.8, 4) is 0 Å². The van der Waals surface area contributed by atoms with E-state index in [-0.39, 0.29) is 16.7 Å². The summed E-state index contributed by atoms with van der Waals surface area (Å²) < 4.78 is 0.767. The molecule has 0 saturated heterocycles. The molecule has 0 heterocycles. The van der Waals surface area contributed by atoms with Gasteiger partial charge in [0.2, 0.25) is 0 Å². The van der Waals surface area contributed by atoms with E-state index in [1.54, 1.807) is 6.07 Å². The zero-order valence-electron chi connectivity index (χ0n) is 13.1. The summed E-state index contributed by atoms with van der Waals surface area (Å²) in [5.74, 6) is -0.391. The van der Waals surface area contributed by atoms with Crippen molar-refractivity contribution >= 4 is 33.2 Å². The van der Waals surface area contributed by atoms with Crippen LogP contribution in [0.1, 0.15) is 36.7 Å². The number of nitro benzene ring substituents is 1. The Morgan fingerprint density at radius 1 is 1.17 bits per heavy atom. The van der Waals surface area contributed by atoms with Gasteiger partial charge in [-0.1, -0.05) is 32.9 Å².